The average Bonchev–Trinajstić information content (AvgIpc) is 3.18. The highest BCUT2D eigenvalue weighted by molar-refractivity contribution is 7.13. The van der Waals surface area contributed by atoms with Crippen LogP contribution in [0.4, 0.5) is 0 Å². The van der Waals surface area contributed by atoms with Crippen molar-refractivity contribution in [1.82, 2.24) is 15.1 Å². The standard InChI is InChI=1S/C16H14ClN3O3S/c1-10(11-4-2-5-12(17)8-11)18-14(21)9-20-16(22)23-15(19-20)13-6-3-7-24-13/h2-8,10H,9H2,1H3,(H,18,21)/t10-/m0/s1. The second-order valence-electron chi connectivity index (χ2n) is 5.15. The molecule has 0 aliphatic rings. The molecule has 8 heteroatoms. The summed E-state index contributed by atoms with van der Waals surface area (Å²) in [7, 11) is 0. The fraction of sp³-hybridized carbons (Fsp3) is 0.188. The summed E-state index contributed by atoms with van der Waals surface area (Å²) in [5.74, 6) is -0.787. The SMILES string of the molecule is C[C@H](NC(=O)Cn1nc(-c2cccs2)oc1=O)c1cccc(Cl)c1. The van der Waals surface area contributed by atoms with Crippen molar-refractivity contribution < 1.29 is 9.21 Å². The second kappa shape index (κ2) is 7.02. The Morgan fingerprint density at radius 3 is 2.96 bits per heavy atom. The molecule has 3 rings (SSSR count). The van der Waals surface area contributed by atoms with Crippen LogP contribution < -0.4 is 11.1 Å². The molecule has 0 radical (unpaired) electrons. The van der Waals surface area contributed by atoms with Crippen LogP contribution in [0.3, 0.4) is 0 Å². The molecule has 0 bridgehead atoms. The number of nitrogens with zero attached hydrogens (tertiary/aromatic N) is 2. The van der Waals surface area contributed by atoms with Crippen molar-refractivity contribution in [3.8, 4) is 10.8 Å². The summed E-state index contributed by atoms with van der Waals surface area (Å²) in [5, 5.41) is 9.31. The maximum Gasteiger partial charge on any atom is 0.437 e. The van der Waals surface area contributed by atoms with Crippen LogP contribution >= 0.6 is 22.9 Å². The van der Waals surface area contributed by atoms with Crippen molar-refractivity contribution in [2.24, 2.45) is 0 Å². The summed E-state index contributed by atoms with van der Waals surface area (Å²) in [6.07, 6.45) is 0. The van der Waals surface area contributed by atoms with Gasteiger partial charge in [-0.25, -0.2) is 4.79 Å². The van der Waals surface area contributed by atoms with Gasteiger partial charge in [-0.05, 0) is 36.1 Å². The van der Waals surface area contributed by atoms with E-state index in [1.54, 1.807) is 18.2 Å². The molecule has 2 heterocycles. The van der Waals surface area contributed by atoms with Crippen LogP contribution in [0.1, 0.15) is 18.5 Å². The van der Waals surface area contributed by atoms with Gasteiger partial charge in [-0.15, -0.1) is 16.4 Å². The number of carbonyl (C=O) groups excluding carboxylic acids is 1. The zero-order valence-electron chi connectivity index (χ0n) is 12.7. The fourth-order valence-electron chi connectivity index (χ4n) is 2.19. The third kappa shape index (κ3) is 3.74. The molecular formula is C16H14ClN3O3S. The van der Waals surface area contributed by atoms with Gasteiger partial charge < -0.3 is 9.73 Å². The lowest BCUT2D eigenvalue weighted by Crippen LogP contribution is -2.33. The van der Waals surface area contributed by atoms with E-state index in [1.165, 1.54) is 11.3 Å². The lowest BCUT2D eigenvalue weighted by Gasteiger charge is -2.14. The molecule has 1 N–H and O–H groups in total. The smallest absolute Gasteiger partial charge is 0.387 e. The summed E-state index contributed by atoms with van der Waals surface area (Å²) in [5.41, 5.74) is 0.877. The minimum atomic E-state index is -0.663. The van der Waals surface area contributed by atoms with Crippen LogP contribution in [-0.2, 0) is 11.3 Å². The quantitative estimate of drug-likeness (QED) is 0.755. The predicted octanol–water partition coefficient (Wildman–Crippen LogP) is 3.10. The van der Waals surface area contributed by atoms with Crippen molar-refractivity contribution >= 4 is 28.8 Å². The lowest BCUT2D eigenvalue weighted by molar-refractivity contribution is -0.122. The Kier molecular flexibility index (Phi) is 4.82. The molecule has 0 fully saturated rings. The monoisotopic (exact) mass is 363 g/mol. The zero-order chi connectivity index (χ0) is 17.1. The van der Waals surface area contributed by atoms with E-state index in [1.807, 2.05) is 30.5 Å². The first-order chi connectivity index (χ1) is 11.5. The van der Waals surface area contributed by atoms with Crippen molar-refractivity contribution in [2.75, 3.05) is 0 Å². The molecule has 0 saturated carbocycles. The summed E-state index contributed by atoms with van der Waals surface area (Å²) in [6.45, 7) is 1.63. The van der Waals surface area contributed by atoms with Crippen LogP contribution in [0.2, 0.25) is 5.02 Å². The summed E-state index contributed by atoms with van der Waals surface area (Å²) >= 11 is 7.35. The van der Waals surface area contributed by atoms with E-state index in [0.29, 0.717) is 5.02 Å². The Hall–Kier alpha value is -2.38. The maximum atomic E-state index is 12.1. The fourth-order valence-corrected chi connectivity index (χ4v) is 3.03. The third-order valence-corrected chi connectivity index (χ3v) is 4.45. The maximum absolute atomic E-state index is 12.1. The van der Waals surface area contributed by atoms with Gasteiger partial charge in [0.15, 0.2) is 0 Å². The summed E-state index contributed by atoms with van der Waals surface area (Å²) < 4.78 is 6.08. The molecule has 1 atom stereocenters. The number of hydrogen-bond donors (Lipinski definition) is 1. The van der Waals surface area contributed by atoms with E-state index < -0.39 is 5.76 Å². The number of thiophene rings is 1. The predicted molar refractivity (Wildman–Crippen MR) is 92.1 cm³/mol. The average molecular weight is 364 g/mol. The minimum Gasteiger partial charge on any atom is -0.387 e. The zero-order valence-corrected chi connectivity index (χ0v) is 14.3. The molecule has 2 aromatic heterocycles. The highest BCUT2D eigenvalue weighted by Crippen LogP contribution is 2.21. The Labute approximate surface area is 146 Å². The van der Waals surface area contributed by atoms with Crippen LogP contribution in [0, 0.1) is 0 Å². The number of benzene rings is 1. The lowest BCUT2D eigenvalue weighted by atomic mass is 10.1. The van der Waals surface area contributed by atoms with E-state index >= 15 is 0 Å². The Morgan fingerprint density at radius 1 is 1.42 bits per heavy atom. The van der Waals surface area contributed by atoms with E-state index in [4.69, 9.17) is 16.0 Å². The number of hydrogen-bond acceptors (Lipinski definition) is 5. The van der Waals surface area contributed by atoms with E-state index in [-0.39, 0.29) is 24.4 Å². The number of halogens is 1. The highest BCUT2D eigenvalue weighted by atomic mass is 35.5. The van der Waals surface area contributed by atoms with Gasteiger partial charge in [-0.1, -0.05) is 29.8 Å². The van der Waals surface area contributed by atoms with E-state index in [9.17, 15) is 9.59 Å². The molecule has 0 spiro atoms. The van der Waals surface area contributed by atoms with E-state index in [0.717, 1.165) is 15.1 Å². The molecule has 6 nitrogen and oxygen atoms in total. The number of aromatic nitrogens is 2. The van der Waals surface area contributed by atoms with Gasteiger partial charge in [0.05, 0.1) is 10.9 Å². The van der Waals surface area contributed by atoms with Crippen LogP contribution in [0.5, 0.6) is 0 Å². The summed E-state index contributed by atoms with van der Waals surface area (Å²) in [6, 6.07) is 10.6. The third-order valence-electron chi connectivity index (χ3n) is 3.36. The van der Waals surface area contributed by atoms with E-state index in [2.05, 4.69) is 10.4 Å². The molecule has 24 heavy (non-hydrogen) atoms. The topological polar surface area (TPSA) is 77.1 Å². The minimum absolute atomic E-state index is 0.210. The van der Waals surface area contributed by atoms with Gasteiger partial charge in [0, 0.05) is 5.02 Å². The molecule has 124 valence electrons. The molecule has 0 unspecified atom stereocenters. The van der Waals surface area contributed by atoms with Gasteiger partial charge in [0.1, 0.15) is 6.54 Å². The molecule has 0 saturated heterocycles. The van der Waals surface area contributed by atoms with Crippen molar-refractivity contribution in [3.63, 3.8) is 0 Å². The van der Waals surface area contributed by atoms with Gasteiger partial charge in [0.25, 0.3) is 5.89 Å². The summed E-state index contributed by atoms with van der Waals surface area (Å²) in [4.78, 5) is 24.7. The van der Waals surface area contributed by atoms with Gasteiger partial charge in [-0.3, -0.25) is 4.79 Å². The first kappa shape index (κ1) is 16.5. The van der Waals surface area contributed by atoms with Crippen molar-refractivity contribution in [1.29, 1.82) is 0 Å². The number of amides is 1. The Balaban J connectivity index is 1.68. The Bertz CT molecular complexity index is 901. The highest BCUT2D eigenvalue weighted by Gasteiger charge is 2.15. The van der Waals surface area contributed by atoms with Crippen molar-refractivity contribution in [3.05, 3.63) is 62.9 Å². The Morgan fingerprint density at radius 2 is 2.25 bits per heavy atom. The molecule has 1 amide bonds. The number of rotatable bonds is 5. The molecule has 3 aromatic rings. The molecule has 0 aliphatic heterocycles. The molecule has 1 aromatic carbocycles. The normalized spacial score (nSPS) is 12.1. The second-order valence-corrected chi connectivity index (χ2v) is 6.54. The number of nitrogens with one attached hydrogen (secondary N) is 1. The van der Waals surface area contributed by atoms with Crippen molar-refractivity contribution in [2.45, 2.75) is 19.5 Å². The van der Waals surface area contributed by atoms with Crippen LogP contribution in [0.25, 0.3) is 10.8 Å². The first-order valence-corrected chi connectivity index (χ1v) is 8.45. The van der Waals surface area contributed by atoms with Gasteiger partial charge in [-0.2, -0.15) is 4.68 Å². The molecular weight excluding hydrogens is 350 g/mol. The van der Waals surface area contributed by atoms with Crippen LogP contribution in [0.15, 0.2) is 51.0 Å². The number of carbonyl (C=O) groups is 1. The first-order valence-electron chi connectivity index (χ1n) is 7.19. The van der Waals surface area contributed by atoms with Gasteiger partial charge in [0.2, 0.25) is 5.91 Å². The largest absolute Gasteiger partial charge is 0.437 e. The molecule has 0 aliphatic carbocycles. The van der Waals surface area contributed by atoms with Gasteiger partial charge >= 0.3 is 5.76 Å². The van der Waals surface area contributed by atoms with Crippen LogP contribution in [-0.4, -0.2) is 15.7 Å².